The summed E-state index contributed by atoms with van der Waals surface area (Å²) in [5, 5.41) is 0. The Labute approximate surface area is 159 Å². The third-order valence-electron chi connectivity index (χ3n) is 5.07. The maximum absolute atomic E-state index is 12.7. The molecule has 2 heterocycles. The molecular weight excluding hydrogens is 342 g/mol. The number of likely N-dealkylation sites (tertiary alicyclic amines) is 1. The van der Waals surface area contributed by atoms with Gasteiger partial charge in [-0.25, -0.2) is 0 Å². The van der Waals surface area contributed by atoms with Crippen LogP contribution in [0, 0.1) is 0 Å². The lowest BCUT2D eigenvalue weighted by atomic mass is 10.0. The van der Waals surface area contributed by atoms with Crippen LogP contribution in [0.15, 0.2) is 48.5 Å². The van der Waals surface area contributed by atoms with Gasteiger partial charge in [0, 0.05) is 13.0 Å². The van der Waals surface area contributed by atoms with Gasteiger partial charge in [-0.1, -0.05) is 24.3 Å². The van der Waals surface area contributed by atoms with E-state index in [2.05, 4.69) is 6.07 Å². The summed E-state index contributed by atoms with van der Waals surface area (Å²) in [4.78, 5) is 14.8. The van der Waals surface area contributed by atoms with Crippen LogP contribution < -0.4 is 14.2 Å². The molecular formula is C22H25NO4. The lowest BCUT2D eigenvalue weighted by Gasteiger charge is -2.27. The molecule has 0 N–H and O–H groups in total. The van der Waals surface area contributed by atoms with E-state index < -0.39 is 0 Å². The van der Waals surface area contributed by atoms with Gasteiger partial charge in [-0.3, -0.25) is 4.79 Å². The molecule has 0 saturated carbocycles. The van der Waals surface area contributed by atoms with Gasteiger partial charge in [0.05, 0.1) is 12.6 Å². The van der Waals surface area contributed by atoms with E-state index in [0.29, 0.717) is 26.2 Å². The number of rotatable bonds is 6. The monoisotopic (exact) mass is 367 g/mol. The number of benzene rings is 2. The summed E-state index contributed by atoms with van der Waals surface area (Å²) in [6, 6.07) is 15.9. The SMILES string of the molecule is O=C(CCCOc1ccccc1)N1CCCC1c1ccc2c(c1)OCCO2. The third-order valence-corrected chi connectivity index (χ3v) is 5.07. The highest BCUT2D eigenvalue weighted by molar-refractivity contribution is 5.77. The Morgan fingerprint density at radius 1 is 1.07 bits per heavy atom. The first kappa shape index (κ1) is 17.7. The summed E-state index contributed by atoms with van der Waals surface area (Å²) in [7, 11) is 0. The van der Waals surface area contributed by atoms with Gasteiger partial charge in [-0.2, -0.15) is 0 Å². The number of amides is 1. The van der Waals surface area contributed by atoms with Gasteiger partial charge in [-0.15, -0.1) is 0 Å². The highest BCUT2D eigenvalue weighted by atomic mass is 16.6. The Morgan fingerprint density at radius 3 is 2.74 bits per heavy atom. The van der Waals surface area contributed by atoms with Crippen LogP contribution >= 0.6 is 0 Å². The van der Waals surface area contributed by atoms with Gasteiger partial charge in [-0.05, 0) is 49.1 Å². The van der Waals surface area contributed by atoms with Gasteiger partial charge in [0.15, 0.2) is 11.5 Å². The lowest BCUT2D eigenvalue weighted by Crippen LogP contribution is -2.30. The Balaban J connectivity index is 1.33. The molecule has 0 aliphatic carbocycles. The molecule has 1 atom stereocenters. The van der Waals surface area contributed by atoms with Crippen molar-refractivity contribution in [1.29, 1.82) is 0 Å². The van der Waals surface area contributed by atoms with Crippen LogP contribution in [0.4, 0.5) is 0 Å². The number of carbonyl (C=O) groups excluding carboxylic acids is 1. The lowest BCUT2D eigenvalue weighted by molar-refractivity contribution is -0.132. The van der Waals surface area contributed by atoms with Crippen molar-refractivity contribution >= 4 is 5.91 Å². The van der Waals surface area contributed by atoms with Crippen LogP contribution in [-0.2, 0) is 4.79 Å². The first-order valence-electron chi connectivity index (χ1n) is 9.68. The van der Waals surface area contributed by atoms with E-state index in [1.165, 1.54) is 0 Å². The predicted octanol–water partition coefficient (Wildman–Crippen LogP) is 3.98. The normalized spacial score (nSPS) is 18.4. The summed E-state index contributed by atoms with van der Waals surface area (Å²) in [6.45, 7) is 2.53. The summed E-state index contributed by atoms with van der Waals surface area (Å²) < 4.78 is 17.0. The predicted molar refractivity (Wildman–Crippen MR) is 102 cm³/mol. The smallest absolute Gasteiger partial charge is 0.223 e. The highest BCUT2D eigenvalue weighted by Gasteiger charge is 2.30. The number of para-hydroxylation sites is 1. The number of hydrogen-bond donors (Lipinski definition) is 0. The fourth-order valence-electron chi connectivity index (χ4n) is 3.75. The molecule has 5 nitrogen and oxygen atoms in total. The maximum Gasteiger partial charge on any atom is 0.223 e. The largest absolute Gasteiger partial charge is 0.494 e. The van der Waals surface area contributed by atoms with Gasteiger partial charge in [0.1, 0.15) is 19.0 Å². The van der Waals surface area contributed by atoms with E-state index in [9.17, 15) is 4.79 Å². The van der Waals surface area contributed by atoms with E-state index in [1.54, 1.807) is 0 Å². The third kappa shape index (κ3) is 4.18. The van der Waals surface area contributed by atoms with Crippen molar-refractivity contribution in [3.63, 3.8) is 0 Å². The molecule has 2 aromatic carbocycles. The van der Waals surface area contributed by atoms with Crippen molar-refractivity contribution in [1.82, 2.24) is 4.90 Å². The van der Waals surface area contributed by atoms with Crippen molar-refractivity contribution in [3.8, 4) is 17.2 Å². The highest BCUT2D eigenvalue weighted by Crippen LogP contribution is 2.38. The van der Waals surface area contributed by atoms with Gasteiger partial charge in [0.2, 0.25) is 5.91 Å². The van der Waals surface area contributed by atoms with Gasteiger partial charge in [0.25, 0.3) is 0 Å². The van der Waals surface area contributed by atoms with E-state index in [0.717, 1.165) is 48.6 Å². The molecule has 1 saturated heterocycles. The molecule has 0 radical (unpaired) electrons. The Hall–Kier alpha value is -2.69. The summed E-state index contributed by atoms with van der Waals surface area (Å²) in [5.74, 6) is 2.62. The van der Waals surface area contributed by atoms with E-state index in [-0.39, 0.29) is 11.9 Å². The summed E-state index contributed by atoms with van der Waals surface area (Å²) in [5.41, 5.74) is 1.13. The van der Waals surface area contributed by atoms with Crippen molar-refractivity contribution in [2.45, 2.75) is 31.7 Å². The number of fused-ring (bicyclic) bond motifs is 1. The molecule has 0 spiro atoms. The van der Waals surface area contributed by atoms with Crippen molar-refractivity contribution < 1.29 is 19.0 Å². The van der Waals surface area contributed by atoms with Crippen molar-refractivity contribution in [2.24, 2.45) is 0 Å². The summed E-state index contributed by atoms with van der Waals surface area (Å²) >= 11 is 0. The Morgan fingerprint density at radius 2 is 1.89 bits per heavy atom. The molecule has 0 aromatic heterocycles. The topological polar surface area (TPSA) is 48.0 Å². The molecule has 0 bridgehead atoms. The zero-order chi connectivity index (χ0) is 18.5. The Kier molecular flexibility index (Phi) is 5.47. The molecule has 1 fully saturated rings. The minimum Gasteiger partial charge on any atom is -0.494 e. The molecule has 5 heteroatoms. The molecule has 4 rings (SSSR count). The average Bonchev–Trinajstić information content (AvgIpc) is 3.21. The molecule has 1 amide bonds. The maximum atomic E-state index is 12.7. The fraction of sp³-hybridized carbons (Fsp3) is 0.409. The van der Waals surface area contributed by atoms with Crippen LogP contribution in [0.2, 0.25) is 0 Å². The van der Waals surface area contributed by atoms with Crippen LogP contribution in [0.1, 0.15) is 37.3 Å². The molecule has 142 valence electrons. The first-order valence-corrected chi connectivity index (χ1v) is 9.68. The zero-order valence-electron chi connectivity index (χ0n) is 15.4. The minimum atomic E-state index is 0.128. The standard InChI is InChI=1S/C22H25NO4/c24-22(9-5-13-25-18-6-2-1-3-7-18)23-12-4-8-19(23)17-10-11-20-21(16-17)27-15-14-26-20/h1-3,6-7,10-11,16,19H,4-5,8-9,12-15H2. The van der Waals surface area contributed by atoms with Crippen LogP contribution in [-0.4, -0.2) is 37.2 Å². The quantitative estimate of drug-likeness (QED) is 0.725. The van der Waals surface area contributed by atoms with Gasteiger partial charge < -0.3 is 19.1 Å². The second-order valence-electron chi connectivity index (χ2n) is 6.91. The van der Waals surface area contributed by atoms with E-state index in [4.69, 9.17) is 14.2 Å². The fourth-order valence-corrected chi connectivity index (χ4v) is 3.75. The first-order chi connectivity index (χ1) is 13.3. The second-order valence-corrected chi connectivity index (χ2v) is 6.91. The van der Waals surface area contributed by atoms with E-state index >= 15 is 0 Å². The number of ether oxygens (including phenoxy) is 3. The number of carbonyl (C=O) groups is 1. The van der Waals surface area contributed by atoms with Crippen LogP contribution in [0.5, 0.6) is 17.2 Å². The van der Waals surface area contributed by atoms with Crippen LogP contribution in [0.25, 0.3) is 0 Å². The minimum absolute atomic E-state index is 0.128. The molecule has 1 unspecified atom stereocenters. The zero-order valence-corrected chi connectivity index (χ0v) is 15.4. The molecule has 2 aromatic rings. The second kappa shape index (κ2) is 8.33. The van der Waals surface area contributed by atoms with Crippen LogP contribution in [0.3, 0.4) is 0 Å². The molecule has 2 aliphatic rings. The summed E-state index contributed by atoms with van der Waals surface area (Å²) in [6.07, 6.45) is 3.25. The van der Waals surface area contributed by atoms with Gasteiger partial charge >= 0.3 is 0 Å². The number of nitrogens with zero attached hydrogens (tertiary/aromatic N) is 1. The molecule has 27 heavy (non-hydrogen) atoms. The average molecular weight is 367 g/mol. The number of hydrogen-bond acceptors (Lipinski definition) is 4. The van der Waals surface area contributed by atoms with Crippen molar-refractivity contribution in [2.75, 3.05) is 26.4 Å². The van der Waals surface area contributed by atoms with E-state index in [1.807, 2.05) is 47.4 Å². The Bertz CT molecular complexity index is 777. The molecule has 2 aliphatic heterocycles. The van der Waals surface area contributed by atoms with Crippen molar-refractivity contribution in [3.05, 3.63) is 54.1 Å².